The Balaban J connectivity index is 2.19. The fourth-order valence-corrected chi connectivity index (χ4v) is 2.56. The van der Waals surface area contributed by atoms with Gasteiger partial charge in [0.2, 0.25) is 0 Å². The molecule has 0 saturated heterocycles. The maximum Gasteiger partial charge on any atom is 0.128 e. The number of methoxy groups -OCH3 is 1. The molecule has 0 aliphatic carbocycles. The Morgan fingerprint density at radius 2 is 2.17 bits per heavy atom. The molecule has 0 spiro atoms. The van der Waals surface area contributed by atoms with E-state index in [1.54, 1.807) is 18.9 Å². The van der Waals surface area contributed by atoms with E-state index in [0.29, 0.717) is 6.54 Å². The topological polar surface area (TPSA) is 21.3 Å². The van der Waals surface area contributed by atoms with E-state index in [2.05, 4.69) is 55.8 Å². The maximum absolute atomic E-state index is 5.46. The number of aryl methyl sites for hydroxylation is 1. The molecule has 2 rings (SSSR count). The van der Waals surface area contributed by atoms with Crippen LogP contribution < -0.4 is 10.1 Å². The van der Waals surface area contributed by atoms with Crippen LogP contribution in [0.4, 0.5) is 0 Å². The minimum Gasteiger partial charge on any atom is -0.496 e. The first-order valence-electron chi connectivity index (χ1n) is 7.76. The van der Waals surface area contributed by atoms with Gasteiger partial charge in [-0.15, -0.1) is 11.8 Å². The molecule has 1 heterocycles. The van der Waals surface area contributed by atoms with Gasteiger partial charge in [0.25, 0.3) is 0 Å². The molecule has 1 aliphatic rings. The lowest BCUT2D eigenvalue weighted by molar-refractivity contribution is 0.413. The zero-order valence-electron chi connectivity index (χ0n) is 14.7. The number of ether oxygens (including phenoxy) is 1. The second kappa shape index (κ2) is 8.52. The van der Waals surface area contributed by atoms with Gasteiger partial charge in [-0.2, -0.15) is 0 Å². The Bertz CT molecular complexity index is 788. The van der Waals surface area contributed by atoms with E-state index in [1.165, 1.54) is 10.5 Å². The molecule has 1 N–H and O–H groups in total. The monoisotopic (exact) mass is 337 g/mol. The molecule has 0 saturated carbocycles. The van der Waals surface area contributed by atoms with Crippen molar-refractivity contribution in [3.8, 4) is 17.6 Å². The Morgan fingerprint density at radius 1 is 1.38 bits per heavy atom. The SMILES string of the molecule is C=C(C#CC1=CC=C(c2cc(C)ccc2OC)NC1)/C=C(/C)SC. The van der Waals surface area contributed by atoms with Gasteiger partial charge < -0.3 is 10.1 Å². The first kappa shape index (κ1) is 18.0. The number of rotatable bonds is 4. The molecular weight excluding hydrogens is 314 g/mol. The fraction of sp³-hybridized carbons (Fsp3) is 0.238. The lowest BCUT2D eigenvalue weighted by atomic mass is 10.0. The van der Waals surface area contributed by atoms with Gasteiger partial charge in [0.1, 0.15) is 5.75 Å². The van der Waals surface area contributed by atoms with Crippen molar-refractivity contribution in [3.05, 3.63) is 70.2 Å². The molecule has 0 fully saturated rings. The van der Waals surface area contributed by atoms with E-state index in [0.717, 1.165) is 28.2 Å². The van der Waals surface area contributed by atoms with Crippen molar-refractivity contribution in [2.45, 2.75) is 13.8 Å². The third-order valence-corrected chi connectivity index (χ3v) is 4.41. The molecule has 0 atom stereocenters. The smallest absolute Gasteiger partial charge is 0.128 e. The molecule has 0 radical (unpaired) electrons. The quantitative estimate of drug-likeness (QED) is 0.635. The Morgan fingerprint density at radius 3 is 2.79 bits per heavy atom. The van der Waals surface area contributed by atoms with E-state index in [4.69, 9.17) is 4.74 Å². The zero-order valence-corrected chi connectivity index (χ0v) is 15.5. The average Bonchev–Trinajstić information content (AvgIpc) is 2.60. The molecule has 0 amide bonds. The summed E-state index contributed by atoms with van der Waals surface area (Å²) in [5, 5.41) is 3.42. The summed E-state index contributed by atoms with van der Waals surface area (Å²) < 4.78 is 5.46. The second-order valence-electron chi connectivity index (χ2n) is 5.56. The summed E-state index contributed by atoms with van der Waals surface area (Å²) in [6, 6.07) is 6.17. The van der Waals surface area contributed by atoms with Crippen molar-refractivity contribution in [3.63, 3.8) is 0 Å². The van der Waals surface area contributed by atoms with Gasteiger partial charge in [0.15, 0.2) is 0 Å². The first-order chi connectivity index (χ1) is 11.5. The van der Waals surface area contributed by atoms with Crippen LogP contribution in [0.25, 0.3) is 5.70 Å². The minimum atomic E-state index is 0.703. The number of nitrogens with one attached hydrogen (secondary N) is 1. The van der Waals surface area contributed by atoms with Crippen LogP contribution in [0.2, 0.25) is 0 Å². The van der Waals surface area contributed by atoms with Crippen LogP contribution in [0.3, 0.4) is 0 Å². The van der Waals surface area contributed by atoms with Crippen LogP contribution in [0.1, 0.15) is 18.1 Å². The van der Waals surface area contributed by atoms with Gasteiger partial charge >= 0.3 is 0 Å². The molecule has 0 aromatic heterocycles. The lowest BCUT2D eigenvalue weighted by Gasteiger charge is -2.17. The van der Waals surface area contributed by atoms with Gasteiger partial charge in [-0.1, -0.05) is 30.0 Å². The molecular formula is C21H23NOS. The van der Waals surface area contributed by atoms with Crippen LogP contribution in [0.15, 0.2) is 59.1 Å². The summed E-state index contributed by atoms with van der Waals surface area (Å²) >= 11 is 1.70. The highest BCUT2D eigenvalue weighted by atomic mass is 32.2. The standard InChI is InChI=1S/C21H23NOS/c1-15(12-17(3)24-5)6-8-18-9-10-20(22-14-18)19-13-16(2)7-11-21(19)23-4/h7,9-13,22H,1,14H2,2-5H3/b17-12-. The third kappa shape index (κ3) is 4.84. The number of hydrogen-bond acceptors (Lipinski definition) is 3. The summed E-state index contributed by atoms with van der Waals surface area (Å²) in [5.41, 5.74) is 5.21. The summed E-state index contributed by atoms with van der Waals surface area (Å²) in [7, 11) is 1.69. The first-order valence-corrected chi connectivity index (χ1v) is 8.99. The molecule has 124 valence electrons. The lowest BCUT2D eigenvalue weighted by Crippen LogP contribution is -2.18. The number of thioether (sulfide) groups is 1. The highest BCUT2D eigenvalue weighted by Crippen LogP contribution is 2.27. The van der Waals surface area contributed by atoms with Crippen molar-refractivity contribution in [2.75, 3.05) is 19.9 Å². The number of hydrogen-bond donors (Lipinski definition) is 1. The second-order valence-corrected chi connectivity index (χ2v) is 6.62. The van der Waals surface area contributed by atoms with Crippen LogP contribution >= 0.6 is 11.8 Å². The van der Waals surface area contributed by atoms with Crippen molar-refractivity contribution in [1.29, 1.82) is 0 Å². The molecule has 0 unspecified atom stereocenters. The van der Waals surface area contributed by atoms with Crippen molar-refractivity contribution in [2.24, 2.45) is 0 Å². The third-order valence-electron chi connectivity index (χ3n) is 3.65. The van der Waals surface area contributed by atoms with Gasteiger partial charge in [-0.3, -0.25) is 0 Å². The van der Waals surface area contributed by atoms with Crippen LogP contribution in [0, 0.1) is 18.8 Å². The van der Waals surface area contributed by atoms with E-state index in [-0.39, 0.29) is 0 Å². The molecule has 2 nitrogen and oxygen atoms in total. The minimum absolute atomic E-state index is 0.703. The summed E-state index contributed by atoms with van der Waals surface area (Å²) in [6.45, 7) is 8.82. The Kier molecular flexibility index (Phi) is 6.40. The Labute approximate surface area is 149 Å². The average molecular weight is 337 g/mol. The Hall–Kier alpha value is -2.31. The highest BCUT2D eigenvalue weighted by Gasteiger charge is 2.11. The van der Waals surface area contributed by atoms with Gasteiger partial charge in [0, 0.05) is 29.0 Å². The molecule has 3 heteroatoms. The summed E-state index contributed by atoms with van der Waals surface area (Å²) in [5.74, 6) is 7.16. The molecule has 24 heavy (non-hydrogen) atoms. The van der Waals surface area contributed by atoms with E-state index >= 15 is 0 Å². The van der Waals surface area contributed by atoms with Crippen molar-refractivity contribution >= 4 is 17.5 Å². The van der Waals surface area contributed by atoms with E-state index in [9.17, 15) is 0 Å². The largest absolute Gasteiger partial charge is 0.496 e. The van der Waals surface area contributed by atoms with E-state index in [1.807, 2.05) is 24.5 Å². The van der Waals surface area contributed by atoms with Crippen LogP contribution in [-0.2, 0) is 0 Å². The molecule has 1 aromatic rings. The fourth-order valence-electron chi connectivity index (χ4n) is 2.30. The van der Waals surface area contributed by atoms with Crippen molar-refractivity contribution < 1.29 is 4.74 Å². The molecule has 0 bridgehead atoms. The van der Waals surface area contributed by atoms with Gasteiger partial charge in [-0.25, -0.2) is 0 Å². The van der Waals surface area contributed by atoms with E-state index < -0.39 is 0 Å². The summed E-state index contributed by atoms with van der Waals surface area (Å²) in [4.78, 5) is 1.21. The zero-order chi connectivity index (χ0) is 17.5. The highest BCUT2D eigenvalue weighted by molar-refractivity contribution is 8.02. The van der Waals surface area contributed by atoms with Gasteiger partial charge in [0.05, 0.1) is 7.11 Å². The number of dihydropyridines is 1. The van der Waals surface area contributed by atoms with Gasteiger partial charge in [-0.05, 0) is 55.4 Å². The maximum atomic E-state index is 5.46. The number of benzene rings is 1. The van der Waals surface area contributed by atoms with Crippen LogP contribution in [0.5, 0.6) is 5.75 Å². The number of allylic oxidation sites excluding steroid dienone is 5. The van der Waals surface area contributed by atoms with Crippen LogP contribution in [-0.4, -0.2) is 19.9 Å². The van der Waals surface area contributed by atoms with Crippen molar-refractivity contribution in [1.82, 2.24) is 5.32 Å². The summed E-state index contributed by atoms with van der Waals surface area (Å²) in [6.07, 6.45) is 8.16. The molecule has 1 aliphatic heterocycles. The normalized spacial score (nSPS) is 13.9. The predicted molar refractivity (Wildman–Crippen MR) is 106 cm³/mol. The predicted octanol–water partition coefficient (Wildman–Crippen LogP) is 4.70. The molecule has 1 aromatic carbocycles.